The summed E-state index contributed by atoms with van der Waals surface area (Å²) in [4.78, 5) is 11.4. The average molecular weight is 394 g/mol. The van der Waals surface area contributed by atoms with Crippen LogP contribution in [0.15, 0.2) is 18.2 Å². The van der Waals surface area contributed by atoms with Crippen LogP contribution < -0.4 is 19.5 Å². The molecule has 2 heterocycles. The first-order valence-electron chi connectivity index (χ1n) is 7.79. The number of ether oxygens (including phenoxy) is 4. The number of hydrogen-bond donors (Lipinski definition) is 2. The van der Waals surface area contributed by atoms with E-state index in [1.807, 2.05) is 0 Å². The van der Waals surface area contributed by atoms with Crippen molar-refractivity contribution in [3.05, 3.63) is 23.8 Å². The quantitative estimate of drug-likeness (QED) is 0.494. The lowest BCUT2D eigenvalue weighted by atomic mass is 10.2. The van der Waals surface area contributed by atoms with Crippen LogP contribution in [0, 0.1) is 0 Å². The molecule has 2 unspecified atom stereocenters. The maximum Gasteiger partial charge on any atom is 0.461 e. The van der Waals surface area contributed by atoms with E-state index in [4.69, 9.17) is 18.9 Å². The SMILES string of the molecule is O=C(NCc1cc(OCC2CO2)cc(OCC2CO2)c1)NSC(F)(F)F. The molecule has 26 heavy (non-hydrogen) atoms. The highest BCUT2D eigenvalue weighted by Gasteiger charge is 2.30. The molecule has 0 spiro atoms. The summed E-state index contributed by atoms with van der Waals surface area (Å²) in [5, 5.41) is 2.35. The molecule has 0 aliphatic carbocycles. The minimum absolute atomic E-state index is 0.0116. The number of rotatable bonds is 9. The Kier molecular flexibility index (Phi) is 5.99. The van der Waals surface area contributed by atoms with Crippen LogP contribution in [0.5, 0.6) is 11.5 Å². The third kappa shape index (κ3) is 7.18. The minimum Gasteiger partial charge on any atom is -0.491 e. The first kappa shape index (κ1) is 18.9. The van der Waals surface area contributed by atoms with E-state index < -0.39 is 23.5 Å². The first-order chi connectivity index (χ1) is 12.4. The number of epoxide rings is 2. The number of urea groups is 1. The molecule has 3 rings (SSSR count). The summed E-state index contributed by atoms with van der Waals surface area (Å²) >= 11 is -0.620. The van der Waals surface area contributed by atoms with Gasteiger partial charge in [-0.05, 0) is 17.7 Å². The van der Waals surface area contributed by atoms with E-state index in [1.54, 1.807) is 22.9 Å². The van der Waals surface area contributed by atoms with E-state index in [9.17, 15) is 18.0 Å². The van der Waals surface area contributed by atoms with Gasteiger partial charge in [0, 0.05) is 12.6 Å². The monoisotopic (exact) mass is 394 g/mol. The lowest BCUT2D eigenvalue weighted by Crippen LogP contribution is -2.32. The van der Waals surface area contributed by atoms with Crippen molar-refractivity contribution in [1.29, 1.82) is 0 Å². The van der Waals surface area contributed by atoms with Crippen molar-refractivity contribution in [2.75, 3.05) is 26.4 Å². The van der Waals surface area contributed by atoms with Crippen LogP contribution in [-0.2, 0) is 16.0 Å². The van der Waals surface area contributed by atoms with Gasteiger partial charge in [-0.25, -0.2) is 4.79 Å². The zero-order valence-electron chi connectivity index (χ0n) is 13.5. The molecular weight excluding hydrogens is 377 g/mol. The number of amides is 2. The highest BCUT2D eigenvalue weighted by molar-refractivity contribution is 7.98. The molecule has 0 bridgehead atoms. The van der Waals surface area contributed by atoms with E-state index in [1.165, 1.54) is 0 Å². The Balaban J connectivity index is 1.55. The number of carbonyl (C=O) groups excluding carboxylic acids is 1. The van der Waals surface area contributed by atoms with Gasteiger partial charge in [-0.3, -0.25) is 4.72 Å². The largest absolute Gasteiger partial charge is 0.491 e. The molecule has 0 saturated carbocycles. The molecule has 0 radical (unpaired) electrons. The van der Waals surface area contributed by atoms with Crippen LogP contribution in [0.25, 0.3) is 0 Å². The summed E-state index contributed by atoms with van der Waals surface area (Å²) in [6.45, 7) is 2.11. The number of benzene rings is 1. The number of hydrogen-bond acceptors (Lipinski definition) is 6. The fourth-order valence-corrected chi connectivity index (χ4v) is 2.21. The molecule has 2 atom stereocenters. The highest BCUT2D eigenvalue weighted by atomic mass is 32.2. The Bertz CT molecular complexity index is 604. The van der Waals surface area contributed by atoms with Crippen LogP contribution in [0.2, 0.25) is 0 Å². The zero-order valence-corrected chi connectivity index (χ0v) is 14.3. The van der Waals surface area contributed by atoms with Gasteiger partial charge in [-0.15, -0.1) is 0 Å². The molecule has 1 aromatic carbocycles. The molecule has 7 nitrogen and oxygen atoms in total. The van der Waals surface area contributed by atoms with E-state index >= 15 is 0 Å². The predicted molar refractivity (Wildman–Crippen MR) is 85.9 cm³/mol. The van der Waals surface area contributed by atoms with Crippen molar-refractivity contribution in [2.45, 2.75) is 24.3 Å². The van der Waals surface area contributed by atoms with Crippen molar-refractivity contribution in [2.24, 2.45) is 0 Å². The minimum atomic E-state index is -4.54. The molecule has 2 aliphatic heterocycles. The normalized spacial score (nSPS) is 21.0. The topological polar surface area (TPSA) is 84.7 Å². The van der Waals surface area contributed by atoms with E-state index in [0.717, 1.165) is 0 Å². The fraction of sp³-hybridized carbons (Fsp3) is 0.533. The van der Waals surface area contributed by atoms with Gasteiger partial charge in [-0.2, -0.15) is 13.2 Å². The summed E-state index contributed by atoms with van der Waals surface area (Å²) in [7, 11) is 0. The number of alkyl halides is 3. The summed E-state index contributed by atoms with van der Waals surface area (Å²) in [5.41, 5.74) is -3.92. The van der Waals surface area contributed by atoms with Gasteiger partial charge in [-0.1, -0.05) is 0 Å². The van der Waals surface area contributed by atoms with E-state index in [0.29, 0.717) is 43.5 Å². The van der Waals surface area contributed by atoms with Crippen LogP contribution in [0.4, 0.5) is 18.0 Å². The molecule has 2 amide bonds. The zero-order chi connectivity index (χ0) is 18.6. The summed E-state index contributed by atoms with van der Waals surface area (Å²) in [6.07, 6.45) is 0.150. The van der Waals surface area contributed by atoms with Crippen LogP contribution in [0.3, 0.4) is 0 Å². The van der Waals surface area contributed by atoms with Gasteiger partial charge in [0.2, 0.25) is 0 Å². The number of halogens is 3. The lowest BCUT2D eigenvalue weighted by molar-refractivity contribution is -0.0333. The van der Waals surface area contributed by atoms with Gasteiger partial charge in [0.1, 0.15) is 36.9 Å². The second-order valence-corrected chi connectivity index (χ2v) is 6.55. The van der Waals surface area contributed by atoms with Crippen molar-refractivity contribution in [3.63, 3.8) is 0 Å². The Hall–Kier alpha value is -1.85. The second kappa shape index (κ2) is 8.23. The van der Waals surface area contributed by atoms with Crippen molar-refractivity contribution < 1.29 is 36.9 Å². The molecule has 2 fully saturated rings. The summed E-state index contributed by atoms with van der Waals surface area (Å²) in [5.74, 6) is 1.05. The Morgan fingerprint density at radius 2 is 1.65 bits per heavy atom. The first-order valence-corrected chi connectivity index (χ1v) is 8.60. The third-order valence-corrected chi connectivity index (χ3v) is 3.85. The number of carbonyl (C=O) groups is 1. The smallest absolute Gasteiger partial charge is 0.461 e. The molecule has 11 heteroatoms. The van der Waals surface area contributed by atoms with Crippen LogP contribution in [-0.4, -0.2) is 50.2 Å². The Morgan fingerprint density at radius 3 is 2.12 bits per heavy atom. The highest BCUT2D eigenvalue weighted by Crippen LogP contribution is 2.27. The van der Waals surface area contributed by atoms with E-state index in [2.05, 4.69) is 5.32 Å². The second-order valence-electron chi connectivity index (χ2n) is 5.68. The molecular formula is C15H17F3N2O5S. The Labute approximate surface area is 151 Å². The molecule has 1 aromatic rings. The van der Waals surface area contributed by atoms with Gasteiger partial charge < -0.3 is 24.3 Å². The maximum absolute atomic E-state index is 12.1. The average Bonchev–Trinajstić information content (AvgIpc) is 3.47. The molecule has 2 saturated heterocycles. The van der Waals surface area contributed by atoms with Gasteiger partial charge >= 0.3 is 11.5 Å². The Morgan fingerprint density at radius 1 is 1.12 bits per heavy atom. The van der Waals surface area contributed by atoms with Crippen LogP contribution >= 0.6 is 11.9 Å². The standard InChI is InChI=1S/C15H17F3N2O5S/c16-15(17,18)26-20-14(21)19-4-9-1-10(22-5-12-7-24-12)3-11(2-9)23-6-13-8-25-13/h1-3,12-13H,4-8H2,(H2,19,20,21). The third-order valence-electron chi connectivity index (χ3n) is 3.33. The fourth-order valence-electron chi connectivity index (χ4n) is 1.93. The number of nitrogens with one attached hydrogen (secondary N) is 2. The molecule has 0 aromatic heterocycles. The van der Waals surface area contributed by atoms with Gasteiger partial charge in [0.25, 0.3) is 0 Å². The van der Waals surface area contributed by atoms with Gasteiger partial charge in [0.05, 0.1) is 25.2 Å². The predicted octanol–water partition coefficient (Wildman–Crippen LogP) is 2.21. The summed E-state index contributed by atoms with van der Waals surface area (Å²) in [6, 6.07) is 4.12. The van der Waals surface area contributed by atoms with Gasteiger partial charge in [0.15, 0.2) is 0 Å². The van der Waals surface area contributed by atoms with Crippen molar-refractivity contribution >= 4 is 18.0 Å². The van der Waals surface area contributed by atoms with Crippen LogP contribution in [0.1, 0.15) is 5.56 Å². The molecule has 2 aliphatic rings. The van der Waals surface area contributed by atoms with Crippen molar-refractivity contribution in [3.8, 4) is 11.5 Å². The van der Waals surface area contributed by atoms with E-state index in [-0.39, 0.29) is 18.8 Å². The van der Waals surface area contributed by atoms with Crippen molar-refractivity contribution in [1.82, 2.24) is 10.0 Å². The molecule has 144 valence electrons. The maximum atomic E-state index is 12.1. The summed E-state index contributed by atoms with van der Waals surface area (Å²) < 4.78 is 59.2. The lowest BCUT2D eigenvalue weighted by Gasteiger charge is -2.13. The molecule has 2 N–H and O–H groups in total.